The number of anilines is 2. The quantitative estimate of drug-likeness (QED) is 0.173. The molecule has 1 heterocycles. The van der Waals surface area contributed by atoms with Crippen molar-refractivity contribution in [2.75, 3.05) is 24.4 Å². The van der Waals surface area contributed by atoms with Crippen LogP contribution < -0.4 is 20.3 Å². The number of carbonyl (C=O) groups is 4. The van der Waals surface area contributed by atoms with Gasteiger partial charge in [-0.25, -0.2) is 4.79 Å². The molecule has 0 spiro atoms. The predicted octanol–water partition coefficient (Wildman–Crippen LogP) is 4.80. The predicted molar refractivity (Wildman–Crippen MR) is 180 cm³/mol. The number of hydrogen-bond donors (Lipinski definition) is 3. The Morgan fingerprint density at radius 2 is 1.52 bits per heavy atom. The first-order valence-corrected chi connectivity index (χ1v) is 15.1. The van der Waals surface area contributed by atoms with E-state index in [9.17, 15) is 19.2 Å². The van der Waals surface area contributed by atoms with Crippen LogP contribution in [0.5, 0.6) is 5.75 Å². The number of aromatic carboxylic acids is 1. The first-order valence-electron chi connectivity index (χ1n) is 15.1. The fraction of sp³-hybridized carbons (Fsp3) is 0.167. The number of hydrogen-bond acceptors (Lipinski definition) is 8. The third-order valence-electron chi connectivity index (χ3n) is 7.76. The van der Waals surface area contributed by atoms with Gasteiger partial charge in [0.25, 0.3) is 11.8 Å². The molecule has 5 aromatic rings. The maximum absolute atomic E-state index is 13.8. The molecule has 3 N–H and O–H groups in total. The molecule has 2 amide bonds. The topological polar surface area (TPSA) is 156 Å². The van der Waals surface area contributed by atoms with E-state index in [0.717, 1.165) is 10.2 Å². The van der Waals surface area contributed by atoms with Crippen LogP contribution in [0.1, 0.15) is 38.0 Å². The lowest BCUT2D eigenvalue weighted by Crippen LogP contribution is -2.52. The summed E-state index contributed by atoms with van der Waals surface area (Å²) in [6.45, 7) is 1.66. The molecule has 4 aromatic carbocycles. The largest absolute Gasteiger partial charge is 0.497 e. The maximum Gasteiger partial charge on any atom is 0.335 e. The van der Waals surface area contributed by atoms with Crippen molar-refractivity contribution in [2.24, 2.45) is 0 Å². The number of nitrogens with zero attached hydrogens (tertiary/aromatic N) is 4. The van der Waals surface area contributed by atoms with E-state index in [1.54, 1.807) is 69.6 Å². The summed E-state index contributed by atoms with van der Waals surface area (Å²) in [5.74, 6) is -1.54. The van der Waals surface area contributed by atoms with Gasteiger partial charge in [-0.1, -0.05) is 53.7 Å². The Morgan fingerprint density at radius 3 is 2.19 bits per heavy atom. The van der Waals surface area contributed by atoms with E-state index in [1.807, 2.05) is 30.3 Å². The molecule has 244 valence electrons. The Hall–Kier alpha value is -6.14. The van der Waals surface area contributed by atoms with Crippen LogP contribution in [-0.2, 0) is 11.2 Å². The average Bonchev–Trinajstić information content (AvgIpc) is 3.61. The number of aromatic nitrogens is 3. The molecule has 0 fully saturated rings. The summed E-state index contributed by atoms with van der Waals surface area (Å²) in [6.07, 6.45) is 1.80. The number of amides is 2. The van der Waals surface area contributed by atoms with Crippen LogP contribution in [0.3, 0.4) is 0 Å². The van der Waals surface area contributed by atoms with E-state index >= 15 is 0 Å². The summed E-state index contributed by atoms with van der Waals surface area (Å²) in [5.41, 5.74) is 3.21. The van der Waals surface area contributed by atoms with Crippen molar-refractivity contribution in [3.05, 3.63) is 126 Å². The highest BCUT2D eigenvalue weighted by molar-refractivity contribution is 6.06. The van der Waals surface area contributed by atoms with E-state index in [4.69, 9.17) is 9.84 Å². The summed E-state index contributed by atoms with van der Waals surface area (Å²) in [4.78, 5) is 53.0. The van der Waals surface area contributed by atoms with E-state index in [-0.39, 0.29) is 17.0 Å². The molecule has 48 heavy (non-hydrogen) atoms. The average molecular weight is 647 g/mol. The summed E-state index contributed by atoms with van der Waals surface area (Å²) >= 11 is 0. The molecule has 12 heteroatoms. The molecule has 0 saturated heterocycles. The minimum atomic E-state index is -1.09. The number of nitrogens with one attached hydrogen (secondary N) is 2. The smallest absolute Gasteiger partial charge is 0.335 e. The fourth-order valence-corrected chi connectivity index (χ4v) is 5.07. The summed E-state index contributed by atoms with van der Waals surface area (Å²) < 4.78 is 6.34. The van der Waals surface area contributed by atoms with E-state index in [0.29, 0.717) is 34.8 Å². The van der Waals surface area contributed by atoms with Crippen LogP contribution in [0, 0.1) is 0 Å². The first kappa shape index (κ1) is 33.2. The molecule has 0 aliphatic rings. The summed E-state index contributed by atoms with van der Waals surface area (Å²) in [7, 11) is 3.25. The number of methoxy groups -OCH3 is 1. The highest BCUT2D eigenvalue weighted by atomic mass is 16.5. The van der Waals surface area contributed by atoms with Crippen LogP contribution >= 0.6 is 0 Å². The van der Waals surface area contributed by atoms with Gasteiger partial charge in [0.1, 0.15) is 11.4 Å². The summed E-state index contributed by atoms with van der Waals surface area (Å²) in [6, 6.07) is 27.5. The number of benzene rings is 4. The van der Waals surface area contributed by atoms with Crippen LogP contribution in [-0.4, -0.2) is 70.0 Å². The molecule has 12 nitrogen and oxygen atoms in total. The Bertz CT molecular complexity index is 1910. The number of likely N-dealkylation sites (N-methyl/N-ethyl adjacent to an activating group) is 1. The number of rotatable bonds is 12. The van der Waals surface area contributed by atoms with Crippen molar-refractivity contribution in [1.29, 1.82) is 0 Å². The van der Waals surface area contributed by atoms with Crippen molar-refractivity contribution >= 4 is 35.1 Å². The van der Waals surface area contributed by atoms with Gasteiger partial charge in [-0.3, -0.25) is 19.7 Å². The van der Waals surface area contributed by atoms with Gasteiger partial charge < -0.3 is 20.1 Å². The number of para-hydroxylation sites is 1. The van der Waals surface area contributed by atoms with Crippen molar-refractivity contribution in [3.63, 3.8) is 0 Å². The Kier molecular flexibility index (Phi) is 10.4. The lowest BCUT2D eigenvalue weighted by molar-refractivity contribution is -0.120. The number of carbonyl (C=O) groups excluding carboxylic acids is 3. The van der Waals surface area contributed by atoms with Crippen molar-refractivity contribution in [3.8, 4) is 17.0 Å². The SMILES string of the molecule is COc1ccc(N(C)C(=O)C(Cc2ccccc2)NC(C)C(=O)n2cc(-c3ccccc3NC(=O)c3ccc(C(=O)O)cc3)nn2)cc1. The van der Waals surface area contributed by atoms with E-state index < -0.39 is 29.9 Å². The third-order valence-corrected chi connectivity index (χ3v) is 7.76. The van der Waals surface area contributed by atoms with Gasteiger partial charge in [0.15, 0.2) is 0 Å². The van der Waals surface area contributed by atoms with Crippen molar-refractivity contribution < 1.29 is 29.0 Å². The van der Waals surface area contributed by atoms with Gasteiger partial charge in [0, 0.05) is 23.9 Å². The fourth-order valence-electron chi connectivity index (χ4n) is 5.07. The minimum Gasteiger partial charge on any atom is -0.497 e. The Balaban J connectivity index is 1.32. The van der Waals surface area contributed by atoms with Crippen molar-refractivity contribution in [1.82, 2.24) is 20.3 Å². The first-order chi connectivity index (χ1) is 23.1. The molecule has 2 atom stereocenters. The maximum atomic E-state index is 13.8. The second-order valence-electron chi connectivity index (χ2n) is 11.0. The van der Waals surface area contributed by atoms with E-state index in [1.165, 1.54) is 35.4 Å². The van der Waals surface area contributed by atoms with Gasteiger partial charge in [-0.2, -0.15) is 4.68 Å². The molecule has 0 aliphatic carbocycles. The third kappa shape index (κ3) is 7.80. The Labute approximate surface area is 277 Å². The minimum absolute atomic E-state index is 0.0666. The zero-order valence-corrected chi connectivity index (χ0v) is 26.5. The van der Waals surface area contributed by atoms with E-state index in [2.05, 4.69) is 20.9 Å². The zero-order chi connectivity index (χ0) is 34.2. The molecule has 0 radical (unpaired) electrons. The lowest BCUT2D eigenvalue weighted by Gasteiger charge is -2.27. The Morgan fingerprint density at radius 1 is 0.875 bits per heavy atom. The zero-order valence-electron chi connectivity index (χ0n) is 26.5. The highest BCUT2D eigenvalue weighted by Gasteiger charge is 2.28. The second kappa shape index (κ2) is 15.0. The number of carboxylic acid groups (broad SMARTS) is 1. The highest BCUT2D eigenvalue weighted by Crippen LogP contribution is 2.27. The standard InChI is InChI=1S/C36H34N6O6/c1-23(37-31(21-24-9-5-4-6-10-24)35(45)41(2)27-17-19-28(48-3)20-18-27)34(44)42-22-32(39-40-42)29-11-7-8-12-30(29)38-33(43)25-13-15-26(16-14-25)36(46)47/h4-20,22-23,31,37H,21H2,1-3H3,(H,38,43)(H,46,47). The van der Waals surface area contributed by atoms with Crippen LogP contribution in [0.4, 0.5) is 11.4 Å². The molecule has 0 bridgehead atoms. The molecule has 5 rings (SSSR count). The molecule has 0 saturated carbocycles. The monoisotopic (exact) mass is 646 g/mol. The molecule has 2 unspecified atom stereocenters. The number of carboxylic acids is 1. The normalized spacial score (nSPS) is 12.1. The molecule has 0 aliphatic heterocycles. The van der Waals surface area contributed by atoms with Gasteiger partial charge in [-0.05, 0) is 73.5 Å². The van der Waals surface area contributed by atoms with Crippen molar-refractivity contribution in [2.45, 2.75) is 25.4 Å². The second-order valence-corrected chi connectivity index (χ2v) is 11.0. The van der Waals surface area contributed by atoms with Gasteiger partial charge in [0.05, 0.1) is 36.6 Å². The summed E-state index contributed by atoms with van der Waals surface area (Å²) in [5, 5.41) is 23.4. The molecular formula is C36H34N6O6. The lowest BCUT2D eigenvalue weighted by atomic mass is 10.0. The van der Waals surface area contributed by atoms with Gasteiger partial charge >= 0.3 is 5.97 Å². The van der Waals surface area contributed by atoms with Crippen LogP contribution in [0.15, 0.2) is 109 Å². The van der Waals surface area contributed by atoms with Crippen LogP contribution in [0.2, 0.25) is 0 Å². The van der Waals surface area contributed by atoms with Gasteiger partial charge in [-0.15, -0.1) is 5.10 Å². The molecule has 1 aromatic heterocycles. The number of ether oxygens (including phenoxy) is 1. The molecular weight excluding hydrogens is 612 g/mol. The van der Waals surface area contributed by atoms with Gasteiger partial charge in [0.2, 0.25) is 5.91 Å². The van der Waals surface area contributed by atoms with Crippen LogP contribution in [0.25, 0.3) is 11.3 Å².